The van der Waals surface area contributed by atoms with Crippen LogP contribution in [0.3, 0.4) is 0 Å². The molecule has 13 heteroatoms. The van der Waals surface area contributed by atoms with Gasteiger partial charge in [0.05, 0.1) is 11.3 Å². The summed E-state index contributed by atoms with van der Waals surface area (Å²) in [6, 6.07) is 12.2. The molecule has 4 N–H and O–H groups in total. The lowest BCUT2D eigenvalue weighted by atomic mass is 10.1. The molecule has 5 rings (SSSR count). The van der Waals surface area contributed by atoms with Gasteiger partial charge in [-0.1, -0.05) is 0 Å². The van der Waals surface area contributed by atoms with E-state index in [2.05, 4.69) is 25.7 Å². The summed E-state index contributed by atoms with van der Waals surface area (Å²) in [5.41, 5.74) is 5.78. The lowest BCUT2D eigenvalue weighted by molar-refractivity contribution is -0.137. The number of primary amides is 1. The van der Waals surface area contributed by atoms with E-state index in [9.17, 15) is 22.8 Å². The number of nitrogens with zero attached hydrogens (tertiary/aromatic N) is 4. The van der Waals surface area contributed by atoms with Gasteiger partial charge in [0, 0.05) is 37.0 Å². The number of aryl methyl sites for hydroxylation is 1. The predicted octanol–water partition coefficient (Wildman–Crippen LogP) is 3.75. The third-order valence-electron chi connectivity index (χ3n) is 6.09. The minimum atomic E-state index is -4.53. The van der Waals surface area contributed by atoms with E-state index in [-0.39, 0.29) is 34.6 Å². The van der Waals surface area contributed by atoms with Gasteiger partial charge < -0.3 is 21.1 Å². The zero-order valence-electron chi connectivity index (χ0n) is 20.5. The average molecular weight is 538 g/mol. The highest BCUT2D eigenvalue weighted by Gasteiger charge is 2.32. The standard InChI is InChI=1S/C26H22F3N7O3/c1-36-20(9-11-32-36)17-12-15(26(27,28)29)4-7-21(17)39-16-5-2-14(3-6-16)24-34-19(23(30)37)13-22(35-24)33-18-8-10-31-25(18)38/h2-7,9,11-13,18H,8,10H2,1H3,(H2,30,37)(H,31,38)(H,33,34,35). The Morgan fingerprint density at radius 2 is 1.90 bits per heavy atom. The quantitative estimate of drug-likeness (QED) is 0.327. The molecule has 0 aliphatic carbocycles. The highest BCUT2D eigenvalue weighted by molar-refractivity contribution is 5.92. The summed E-state index contributed by atoms with van der Waals surface area (Å²) in [4.78, 5) is 32.4. The van der Waals surface area contributed by atoms with E-state index in [0.29, 0.717) is 30.0 Å². The van der Waals surface area contributed by atoms with Crippen molar-refractivity contribution in [2.24, 2.45) is 12.8 Å². The molecule has 39 heavy (non-hydrogen) atoms. The zero-order valence-corrected chi connectivity index (χ0v) is 20.5. The molecule has 1 aliphatic rings. The van der Waals surface area contributed by atoms with Crippen LogP contribution in [0.4, 0.5) is 19.0 Å². The van der Waals surface area contributed by atoms with Crippen LogP contribution in [0.2, 0.25) is 0 Å². The number of hydrogen-bond donors (Lipinski definition) is 3. The maximum Gasteiger partial charge on any atom is 0.416 e. The van der Waals surface area contributed by atoms with Crippen LogP contribution >= 0.6 is 0 Å². The molecular weight excluding hydrogens is 515 g/mol. The first-order valence-electron chi connectivity index (χ1n) is 11.8. The monoisotopic (exact) mass is 537 g/mol. The van der Waals surface area contributed by atoms with E-state index in [1.807, 2.05) is 0 Å². The van der Waals surface area contributed by atoms with Crippen LogP contribution in [0, 0.1) is 0 Å². The van der Waals surface area contributed by atoms with Gasteiger partial charge >= 0.3 is 6.18 Å². The van der Waals surface area contributed by atoms with Gasteiger partial charge in [-0.25, -0.2) is 9.97 Å². The third-order valence-corrected chi connectivity index (χ3v) is 6.09. The minimum absolute atomic E-state index is 0.0354. The lowest BCUT2D eigenvalue weighted by Gasteiger charge is -2.15. The Morgan fingerprint density at radius 3 is 2.51 bits per heavy atom. The van der Waals surface area contributed by atoms with Crippen LogP contribution in [0.25, 0.3) is 22.6 Å². The van der Waals surface area contributed by atoms with Crippen molar-refractivity contribution in [3.8, 4) is 34.1 Å². The van der Waals surface area contributed by atoms with E-state index in [4.69, 9.17) is 10.5 Å². The zero-order chi connectivity index (χ0) is 27.7. The number of carbonyl (C=O) groups excluding carboxylic acids is 2. The number of anilines is 1. The maximum atomic E-state index is 13.4. The van der Waals surface area contributed by atoms with Gasteiger partial charge in [-0.05, 0) is 55.0 Å². The predicted molar refractivity (Wildman–Crippen MR) is 135 cm³/mol. The Morgan fingerprint density at radius 1 is 1.13 bits per heavy atom. The second-order valence-electron chi connectivity index (χ2n) is 8.78. The summed E-state index contributed by atoms with van der Waals surface area (Å²) >= 11 is 0. The molecule has 0 saturated carbocycles. The first kappa shape index (κ1) is 25.7. The molecule has 2 aromatic heterocycles. The molecule has 1 atom stereocenters. The summed E-state index contributed by atoms with van der Waals surface area (Å²) in [6.07, 6.45) is -2.49. The number of alkyl halides is 3. The number of amides is 2. The Labute approximate surface area is 220 Å². The number of benzene rings is 2. The second kappa shape index (κ2) is 10.1. The molecule has 4 aromatic rings. The van der Waals surface area contributed by atoms with Gasteiger partial charge in [0.15, 0.2) is 5.82 Å². The third kappa shape index (κ3) is 5.51. The summed E-state index contributed by atoms with van der Waals surface area (Å²) < 4.78 is 47.6. The van der Waals surface area contributed by atoms with Crippen molar-refractivity contribution in [2.75, 3.05) is 11.9 Å². The number of halogens is 3. The minimum Gasteiger partial charge on any atom is -0.457 e. The molecule has 1 fully saturated rings. The Kier molecular flexibility index (Phi) is 6.64. The molecule has 3 heterocycles. The number of ether oxygens (including phenoxy) is 1. The fraction of sp³-hybridized carbons (Fsp3) is 0.192. The van der Waals surface area contributed by atoms with Crippen molar-refractivity contribution in [1.29, 1.82) is 0 Å². The number of rotatable bonds is 7. The van der Waals surface area contributed by atoms with Crippen molar-refractivity contribution in [3.63, 3.8) is 0 Å². The number of nitrogens with one attached hydrogen (secondary N) is 2. The van der Waals surface area contributed by atoms with Crippen LogP contribution in [0.15, 0.2) is 60.8 Å². The first-order valence-corrected chi connectivity index (χ1v) is 11.8. The van der Waals surface area contributed by atoms with Crippen molar-refractivity contribution in [3.05, 3.63) is 72.1 Å². The molecule has 2 amide bonds. The summed E-state index contributed by atoms with van der Waals surface area (Å²) in [6.45, 7) is 0.528. The molecular formula is C26H22F3N7O3. The van der Waals surface area contributed by atoms with Crippen LogP contribution in [-0.2, 0) is 18.0 Å². The van der Waals surface area contributed by atoms with E-state index < -0.39 is 23.7 Å². The molecule has 1 saturated heterocycles. The molecule has 0 bridgehead atoms. The number of hydrogen-bond acceptors (Lipinski definition) is 7. The molecule has 1 unspecified atom stereocenters. The fourth-order valence-corrected chi connectivity index (χ4v) is 4.12. The highest BCUT2D eigenvalue weighted by Crippen LogP contribution is 2.39. The lowest BCUT2D eigenvalue weighted by Crippen LogP contribution is -2.30. The van der Waals surface area contributed by atoms with Gasteiger partial charge in [-0.2, -0.15) is 18.3 Å². The number of carbonyl (C=O) groups is 2. The van der Waals surface area contributed by atoms with Crippen molar-refractivity contribution in [2.45, 2.75) is 18.6 Å². The van der Waals surface area contributed by atoms with Crippen molar-refractivity contribution in [1.82, 2.24) is 25.1 Å². The summed E-state index contributed by atoms with van der Waals surface area (Å²) in [5, 5.41) is 9.76. The first-order chi connectivity index (χ1) is 18.6. The largest absolute Gasteiger partial charge is 0.457 e. The molecule has 10 nitrogen and oxygen atoms in total. The molecule has 2 aromatic carbocycles. The Balaban J connectivity index is 1.44. The van der Waals surface area contributed by atoms with Gasteiger partial charge in [-0.15, -0.1) is 0 Å². The Hall–Kier alpha value is -4.94. The topological polar surface area (TPSA) is 137 Å². The highest BCUT2D eigenvalue weighted by atomic mass is 19.4. The van der Waals surface area contributed by atoms with Crippen LogP contribution in [0.1, 0.15) is 22.5 Å². The van der Waals surface area contributed by atoms with E-state index in [1.54, 1.807) is 37.4 Å². The average Bonchev–Trinajstić information content (AvgIpc) is 3.51. The van der Waals surface area contributed by atoms with Gasteiger partial charge in [0.1, 0.15) is 29.1 Å². The number of nitrogens with two attached hydrogens (primary N) is 1. The number of aromatic nitrogens is 4. The molecule has 0 spiro atoms. The molecule has 200 valence electrons. The van der Waals surface area contributed by atoms with Gasteiger partial charge in [0.2, 0.25) is 5.91 Å². The van der Waals surface area contributed by atoms with Crippen LogP contribution in [-0.4, -0.2) is 44.1 Å². The van der Waals surface area contributed by atoms with Crippen molar-refractivity contribution < 1.29 is 27.5 Å². The normalized spacial score (nSPS) is 15.2. The summed E-state index contributed by atoms with van der Waals surface area (Å²) in [5.74, 6) is 0.0563. The van der Waals surface area contributed by atoms with E-state index in [1.165, 1.54) is 23.0 Å². The summed E-state index contributed by atoms with van der Waals surface area (Å²) in [7, 11) is 1.62. The second-order valence-corrected chi connectivity index (χ2v) is 8.78. The van der Waals surface area contributed by atoms with Crippen molar-refractivity contribution >= 4 is 17.6 Å². The van der Waals surface area contributed by atoms with Gasteiger partial charge in [0.25, 0.3) is 5.91 Å². The van der Waals surface area contributed by atoms with Gasteiger partial charge in [-0.3, -0.25) is 14.3 Å². The molecule has 1 aliphatic heterocycles. The van der Waals surface area contributed by atoms with Crippen LogP contribution in [0.5, 0.6) is 11.5 Å². The fourth-order valence-electron chi connectivity index (χ4n) is 4.12. The smallest absolute Gasteiger partial charge is 0.416 e. The van der Waals surface area contributed by atoms with E-state index in [0.717, 1.165) is 12.1 Å². The maximum absolute atomic E-state index is 13.4. The molecule has 0 radical (unpaired) electrons. The Bertz CT molecular complexity index is 1550. The van der Waals surface area contributed by atoms with Crippen LogP contribution < -0.4 is 21.1 Å². The van der Waals surface area contributed by atoms with E-state index >= 15 is 0 Å². The SMILES string of the molecule is Cn1nccc1-c1cc(C(F)(F)F)ccc1Oc1ccc(-c2nc(NC3CCNC3=O)cc(C(N)=O)n2)cc1.